The lowest BCUT2D eigenvalue weighted by Crippen LogP contribution is -2.12. The van der Waals surface area contributed by atoms with Crippen molar-refractivity contribution in [3.63, 3.8) is 0 Å². The summed E-state index contributed by atoms with van der Waals surface area (Å²) in [5.74, 6) is -0.425. The van der Waals surface area contributed by atoms with Crippen molar-refractivity contribution in [3.05, 3.63) is 64.4 Å². The minimum atomic E-state index is -0.425. The highest BCUT2D eigenvalue weighted by atomic mass is 35.5. The van der Waals surface area contributed by atoms with E-state index in [9.17, 15) is 4.39 Å². The second-order valence-electron chi connectivity index (χ2n) is 4.48. The van der Waals surface area contributed by atoms with Crippen molar-refractivity contribution in [1.29, 1.82) is 0 Å². The quantitative estimate of drug-likeness (QED) is 0.828. The first kappa shape index (κ1) is 14.8. The molecule has 20 heavy (non-hydrogen) atoms. The Bertz CT molecular complexity index is 628. The molecule has 5 heteroatoms. The zero-order chi connectivity index (χ0) is 14.7. The molecule has 0 radical (unpaired) electrons. The molecule has 0 saturated carbocycles. The predicted molar refractivity (Wildman–Crippen MR) is 85.8 cm³/mol. The summed E-state index contributed by atoms with van der Waals surface area (Å²) < 4.78 is 13.8. The Balaban J connectivity index is 2.15. The summed E-state index contributed by atoms with van der Waals surface area (Å²) in [6, 6.07) is 12.3. The number of thiocarbonyl (C=S) groups is 1. The minimum Gasteiger partial charge on any atom is -0.389 e. The van der Waals surface area contributed by atoms with Gasteiger partial charge >= 0.3 is 0 Å². The summed E-state index contributed by atoms with van der Waals surface area (Å²) in [5.41, 5.74) is 7.42. The maximum absolute atomic E-state index is 13.8. The van der Waals surface area contributed by atoms with Crippen LogP contribution < -0.4 is 11.1 Å². The molecule has 1 unspecified atom stereocenters. The van der Waals surface area contributed by atoms with Crippen LogP contribution in [0.5, 0.6) is 0 Å². The Morgan fingerprint density at radius 1 is 1.25 bits per heavy atom. The maximum Gasteiger partial charge on any atom is 0.135 e. The Morgan fingerprint density at radius 3 is 2.45 bits per heavy atom. The fraction of sp³-hybridized carbons (Fsp3) is 0.133. The van der Waals surface area contributed by atoms with E-state index in [0.717, 1.165) is 5.56 Å². The first-order valence-corrected chi connectivity index (χ1v) is 6.87. The molecule has 0 fully saturated rings. The Kier molecular flexibility index (Phi) is 4.57. The van der Waals surface area contributed by atoms with Gasteiger partial charge in [-0.2, -0.15) is 0 Å². The van der Waals surface area contributed by atoms with E-state index in [1.807, 2.05) is 31.2 Å². The fourth-order valence-electron chi connectivity index (χ4n) is 1.89. The van der Waals surface area contributed by atoms with Crippen molar-refractivity contribution in [2.24, 2.45) is 5.73 Å². The first-order chi connectivity index (χ1) is 9.47. The summed E-state index contributed by atoms with van der Waals surface area (Å²) in [5, 5.41) is 3.91. The number of nitrogens with one attached hydrogen (secondary N) is 1. The largest absolute Gasteiger partial charge is 0.389 e. The number of benzene rings is 2. The monoisotopic (exact) mass is 308 g/mol. The van der Waals surface area contributed by atoms with Crippen molar-refractivity contribution in [3.8, 4) is 0 Å². The van der Waals surface area contributed by atoms with Gasteiger partial charge in [-0.05, 0) is 42.8 Å². The third kappa shape index (κ3) is 3.46. The molecule has 3 N–H and O–H groups in total. The highest BCUT2D eigenvalue weighted by Crippen LogP contribution is 2.22. The average Bonchev–Trinajstić information content (AvgIpc) is 2.39. The normalized spacial score (nSPS) is 11.9. The molecule has 0 aliphatic heterocycles. The zero-order valence-corrected chi connectivity index (χ0v) is 12.4. The van der Waals surface area contributed by atoms with Gasteiger partial charge < -0.3 is 11.1 Å². The van der Waals surface area contributed by atoms with Gasteiger partial charge in [0.05, 0.1) is 0 Å². The van der Waals surface area contributed by atoms with Gasteiger partial charge in [0, 0.05) is 22.3 Å². The molecule has 0 aliphatic rings. The van der Waals surface area contributed by atoms with Gasteiger partial charge in [-0.3, -0.25) is 0 Å². The van der Waals surface area contributed by atoms with Gasteiger partial charge in [0.15, 0.2) is 0 Å². The van der Waals surface area contributed by atoms with Crippen LogP contribution in [0.2, 0.25) is 5.02 Å². The Morgan fingerprint density at radius 2 is 1.90 bits per heavy atom. The van der Waals surface area contributed by atoms with E-state index in [2.05, 4.69) is 5.32 Å². The van der Waals surface area contributed by atoms with E-state index in [-0.39, 0.29) is 16.6 Å². The molecule has 2 nitrogen and oxygen atoms in total. The molecule has 104 valence electrons. The van der Waals surface area contributed by atoms with Crippen LogP contribution in [-0.2, 0) is 0 Å². The van der Waals surface area contributed by atoms with Gasteiger partial charge in [0.2, 0.25) is 0 Å². The van der Waals surface area contributed by atoms with Gasteiger partial charge in [0.1, 0.15) is 10.8 Å². The maximum atomic E-state index is 13.8. The number of rotatable bonds is 4. The highest BCUT2D eigenvalue weighted by molar-refractivity contribution is 7.80. The van der Waals surface area contributed by atoms with E-state index >= 15 is 0 Å². The van der Waals surface area contributed by atoms with Crippen molar-refractivity contribution in [2.75, 3.05) is 5.32 Å². The molecule has 0 aliphatic carbocycles. The molecule has 0 amide bonds. The molecule has 2 aromatic carbocycles. The fourth-order valence-corrected chi connectivity index (χ4v) is 2.18. The van der Waals surface area contributed by atoms with Crippen LogP contribution in [0.4, 0.5) is 10.1 Å². The summed E-state index contributed by atoms with van der Waals surface area (Å²) in [7, 11) is 0. The summed E-state index contributed by atoms with van der Waals surface area (Å²) in [4.78, 5) is 0.0554. The van der Waals surface area contributed by atoms with Crippen LogP contribution in [-0.4, -0.2) is 4.99 Å². The smallest absolute Gasteiger partial charge is 0.135 e. The molecule has 0 spiro atoms. The molecule has 0 heterocycles. The van der Waals surface area contributed by atoms with Crippen LogP contribution in [0.25, 0.3) is 0 Å². The molecular weight excluding hydrogens is 295 g/mol. The standard InChI is InChI=1S/C15H14ClFN2S/c1-9(10-2-4-11(16)5-3-10)19-12-6-7-13(15(18)20)14(17)8-12/h2-9,19H,1H3,(H2,18,20). The number of hydrogen-bond donors (Lipinski definition) is 2. The third-order valence-corrected chi connectivity index (χ3v) is 3.46. The lowest BCUT2D eigenvalue weighted by atomic mass is 10.1. The highest BCUT2D eigenvalue weighted by Gasteiger charge is 2.09. The van der Waals surface area contributed by atoms with Crippen LogP contribution in [0.15, 0.2) is 42.5 Å². The van der Waals surface area contributed by atoms with Gasteiger partial charge in [-0.25, -0.2) is 4.39 Å². The summed E-state index contributed by atoms with van der Waals surface area (Å²) in [6.45, 7) is 1.99. The summed E-state index contributed by atoms with van der Waals surface area (Å²) >= 11 is 10.6. The number of halogens is 2. The van der Waals surface area contributed by atoms with E-state index in [1.165, 1.54) is 6.07 Å². The SMILES string of the molecule is CC(Nc1ccc(C(N)=S)c(F)c1)c1ccc(Cl)cc1. The van der Waals surface area contributed by atoms with Crippen molar-refractivity contribution in [1.82, 2.24) is 0 Å². The van der Waals surface area contributed by atoms with Crippen LogP contribution in [0, 0.1) is 5.82 Å². The number of nitrogens with two attached hydrogens (primary N) is 1. The minimum absolute atomic E-state index is 0.0299. The first-order valence-electron chi connectivity index (χ1n) is 6.08. The summed E-state index contributed by atoms with van der Waals surface area (Å²) in [6.07, 6.45) is 0. The molecular formula is C15H14ClFN2S. The Hall–Kier alpha value is -1.65. The lowest BCUT2D eigenvalue weighted by Gasteiger charge is -2.16. The van der Waals surface area contributed by atoms with Crippen LogP contribution in [0.3, 0.4) is 0 Å². The molecule has 0 saturated heterocycles. The van der Waals surface area contributed by atoms with Gasteiger partial charge in [-0.1, -0.05) is 36.0 Å². The molecule has 2 rings (SSSR count). The van der Waals surface area contributed by atoms with Crippen molar-refractivity contribution in [2.45, 2.75) is 13.0 Å². The second kappa shape index (κ2) is 6.20. The number of anilines is 1. The topological polar surface area (TPSA) is 38.0 Å². The van der Waals surface area contributed by atoms with E-state index in [0.29, 0.717) is 10.7 Å². The molecule has 0 aromatic heterocycles. The molecule has 2 aromatic rings. The molecule has 0 bridgehead atoms. The van der Waals surface area contributed by atoms with E-state index in [1.54, 1.807) is 12.1 Å². The average molecular weight is 309 g/mol. The van der Waals surface area contributed by atoms with Gasteiger partial charge in [-0.15, -0.1) is 0 Å². The van der Waals surface area contributed by atoms with Crippen molar-refractivity contribution >= 4 is 34.5 Å². The lowest BCUT2D eigenvalue weighted by molar-refractivity contribution is 0.625. The van der Waals surface area contributed by atoms with Gasteiger partial charge in [0.25, 0.3) is 0 Å². The zero-order valence-electron chi connectivity index (χ0n) is 10.9. The number of hydrogen-bond acceptors (Lipinski definition) is 2. The van der Waals surface area contributed by atoms with E-state index < -0.39 is 5.82 Å². The Labute approximate surface area is 127 Å². The second-order valence-corrected chi connectivity index (χ2v) is 5.35. The predicted octanol–water partition coefficient (Wildman–Crippen LogP) is 4.29. The van der Waals surface area contributed by atoms with Crippen molar-refractivity contribution < 1.29 is 4.39 Å². The van der Waals surface area contributed by atoms with Crippen LogP contribution >= 0.6 is 23.8 Å². The van der Waals surface area contributed by atoms with Crippen LogP contribution in [0.1, 0.15) is 24.1 Å². The molecule has 1 atom stereocenters. The van der Waals surface area contributed by atoms with E-state index in [4.69, 9.17) is 29.6 Å². The third-order valence-electron chi connectivity index (χ3n) is 2.99.